The highest BCUT2D eigenvalue weighted by molar-refractivity contribution is 7.10. The molecule has 1 aromatic heterocycles. The van der Waals surface area contributed by atoms with E-state index in [9.17, 15) is 4.79 Å². The lowest BCUT2D eigenvalue weighted by atomic mass is 10.0. The quantitative estimate of drug-likeness (QED) is 0.923. The number of ether oxygens (including phenoxy) is 1. The van der Waals surface area contributed by atoms with Gasteiger partial charge in [-0.2, -0.15) is 0 Å². The smallest absolute Gasteiger partial charge is 0.407 e. The summed E-state index contributed by atoms with van der Waals surface area (Å²) in [5.41, 5.74) is -0.442. The molecule has 0 radical (unpaired) electrons. The Morgan fingerprint density at radius 2 is 2.29 bits per heavy atom. The molecule has 1 aromatic rings. The first-order valence-electron chi connectivity index (χ1n) is 7.62. The Labute approximate surface area is 131 Å². The topological polar surface area (TPSA) is 41.6 Å². The van der Waals surface area contributed by atoms with Crippen LogP contribution >= 0.6 is 11.3 Å². The van der Waals surface area contributed by atoms with E-state index in [0.29, 0.717) is 6.04 Å². The van der Waals surface area contributed by atoms with Gasteiger partial charge in [-0.15, -0.1) is 11.3 Å². The average Bonchev–Trinajstić information content (AvgIpc) is 2.89. The highest BCUT2D eigenvalue weighted by atomic mass is 32.1. The number of carbonyl (C=O) groups excluding carboxylic acids is 1. The van der Waals surface area contributed by atoms with E-state index in [1.54, 1.807) is 11.3 Å². The lowest BCUT2D eigenvalue weighted by molar-refractivity contribution is 0.0459. The second-order valence-corrected chi connectivity index (χ2v) is 7.65. The second kappa shape index (κ2) is 6.79. The summed E-state index contributed by atoms with van der Waals surface area (Å²) in [6, 6.07) is 4.86. The molecule has 2 heterocycles. The zero-order chi connectivity index (χ0) is 15.5. The highest BCUT2D eigenvalue weighted by Crippen LogP contribution is 2.27. The number of rotatable bonds is 3. The van der Waals surface area contributed by atoms with Crippen LogP contribution < -0.4 is 5.32 Å². The van der Waals surface area contributed by atoms with Gasteiger partial charge in [-0.05, 0) is 58.5 Å². The molecular weight excluding hydrogens is 284 g/mol. The van der Waals surface area contributed by atoms with Gasteiger partial charge in [-0.1, -0.05) is 6.07 Å². The van der Waals surface area contributed by atoms with Crippen LogP contribution in [-0.2, 0) is 4.74 Å². The molecule has 2 rings (SSSR count). The Morgan fingerprint density at radius 3 is 2.90 bits per heavy atom. The summed E-state index contributed by atoms with van der Waals surface area (Å²) >= 11 is 1.79. The van der Waals surface area contributed by atoms with E-state index in [2.05, 4.69) is 34.7 Å². The van der Waals surface area contributed by atoms with Gasteiger partial charge in [-0.25, -0.2) is 4.79 Å². The minimum absolute atomic E-state index is 0.177. The first-order chi connectivity index (χ1) is 9.85. The standard InChI is InChI=1S/C16H26N2O2S/c1-12(14-8-6-10-21-14)18-9-5-7-13(11-18)17-15(19)20-16(2,3)4/h6,8,10,12-13H,5,7,9,11H2,1-4H3,(H,17,19)/t12-,13+/m0/s1. The number of thiophene rings is 1. The Balaban J connectivity index is 1.87. The van der Waals surface area contributed by atoms with Crippen molar-refractivity contribution in [2.24, 2.45) is 0 Å². The van der Waals surface area contributed by atoms with Crippen LogP contribution in [0.15, 0.2) is 17.5 Å². The van der Waals surface area contributed by atoms with Crippen LogP contribution in [0.25, 0.3) is 0 Å². The third-order valence-electron chi connectivity index (χ3n) is 3.68. The van der Waals surface area contributed by atoms with Gasteiger partial charge >= 0.3 is 6.09 Å². The lowest BCUT2D eigenvalue weighted by Crippen LogP contribution is -2.49. The summed E-state index contributed by atoms with van der Waals surface area (Å²) in [4.78, 5) is 15.7. The molecule has 0 aromatic carbocycles. The highest BCUT2D eigenvalue weighted by Gasteiger charge is 2.27. The maximum Gasteiger partial charge on any atom is 0.407 e. The van der Waals surface area contributed by atoms with Crippen molar-refractivity contribution in [3.8, 4) is 0 Å². The lowest BCUT2D eigenvalue weighted by Gasteiger charge is -2.36. The normalized spacial score (nSPS) is 21.8. The van der Waals surface area contributed by atoms with Crippen LogP contribution in [0.1, 0.15) is 51.5 Å². The molecule has 21 heavy (non-hydrogen) atoms. The first kappa shape index (κ1) is 16.3. The van der Waals surface area contributed by atoms with Crippen LogP contribution in [0.2, 0.25) is 0 Å². The Bertz CT molecular complexity index is 453. The van der Waals surface area contributed by atoms with Crippen molar-refractivity contribution in [3.63, 3.8) is 0 Å². The second-order valence-electron chi connectivity index (χ2n) is 6.67. The number of hydrogen-bond acceptors (Lipinski definition) is 4. The number of hydrogen-bond donors (Lipinski definition) is 1. The fourth-order valence-corrected chi connectivity index (χ4v) is 3.48. The molecule has 1 saturated heterocycles. The maximum atomic E-state index is 11.9. The summed E-state index contributed by atoms with van der Waals surface area (Å²) in [6.45, 7) is 9.88. The van der Waals surface area contributed by atoms with Crippen molar-refractivity contribution in [1.29, 1.82) is 0 Å². The van der Waals surface area contributed by atoms with Crippen LogP contribution in [0.4, 0.5) is 4.79 Å². The van der Waals surface area contributed by atoms with Crippen LogP contribution in [0.3, 0.4) is 0 Å². The van der Waals surface area contributed by atoms with Gasteiger partial charge in [0.2, 0.25) is 0 Å². The summed E-state index contributed by atoms with van der Waals surface area (Å²) in [5, 5.41) is 5.12. The average molecular weight is 310 g/mol. The predicted molar refractivity (Wildman–Crippen MR) is 86.7 cm³/mol. The van der Waals surface area contributed by atoms with Crippen LogP contribution in [0.5, 0.6) is 0 Å². The molecule has 0 spiro atoms. The molecule has 4 nitrogen and oxygen atoms in total. The zero-order valence-corrected chi connectivity index (χ0v) is 14.2. The van der Waals surface area contributed by atoms with E-state index < -0.39 is 5.60 Å². The fourth-order valence-electron chi connectivity index (χ4n) is 2.66. The monoisotopic (exact) mass is 310 g/mol. The SMILES string of the molecule is C[C@@H](c1cccs1)N1CCC[C@@H](NC(=O)OC(C)(C)C)C1. The molecule has 0 unspecified atom stereocenters. The molecule has 1 amide bonds. The van der Waals surface area contributed by atoms with Crippen molar-refractivity contribution in [3.05, 3.63) is 22.4 Å². The molecule has 1 N–H and O–H groups in total. The molecule has 2 atom stereocenters. The molecule has 0 bridgehead atoms. The van der Waals surface area contributed by atoms with Gasteiger partial charge in [0.15, 0.2) is 0 Å². The van der Waals surface area contributed by atoms with Crippen molar-refractivity contribution in [2.45, 2.75) is 58.2 Å². The third-order valence-corrected chi connectivity index (χ3v) is 4.72. The number of piperidine rings is 1. The number of nitrogens with one attached hydrogen (secondary N) is 1. The Kier molecular flexibility index (Phi) is 5.27. The Morgan fingerprint density at radius 1 is 1.52 bits per heavy atom. The predicted octanol–water partition coefficient (Wildman–Crippen LogP) is 3.80. The third kappa shape index (κ3) is 5.00. The van der Waals surface area contributed by atoms with Crippen molar-refractivity contribution < 1.29 is 9.53 Å². The van der Waals surface area contributed by atoms with E-state index in [1.165, 1.54) is 4.88 Å². The van der Waals surface area contributed by atoms with Crippen LogP contribution in [0, 0.1) is 0 Å². The zero-order valence-electron chi connectivity index (χ0n) is 13.4. The van der Waals surface area contributed by atoms with E-state index in [0.717, 1.165) is 25.9 Å². The number of amides is 1. The summed E-state index contributed by atoms with van der Waals surface area (Å²) in [7, 11) is 0. The van der Waals surface area contributed by atoms with Gasteiger partial charge in [0.1, 0.15) is 5.60 Å². The Hall–Kier alpha value is -1.07. The molecular formula is C16H26N2O2S. The summed E-state index contributed by atoms with van der Waals surface area (Å²) in [5.74, 6) is 0. The number of carbonyl (C=O) groups is 1. The summed E-state index contributed by atoms with van der Waals surface area (Å²) in [6.07, 6.45) is 1.82. The van der Waals surface area contributed by atoms with E-state index >= 15 is 0 Å². The molecule has 1 fully saturated rings. The molecule has 118 valence electrons. The molecule has 1 aliphatic heterocycles. The van der Waals surface area contributed by atoms with Crippen molar-refractivity contribution >= 4 is 17.4 Å². The number of likely N-dealkylation sites (tertiary alicyclic amines) is 1. The van der Waals surface area contributed by atoms with Gasteiger partial charge in [0.25, 0.3) is 0 Å². The van der Waals surface area contributed by atoms with E-state index in [1.807, 2.05) is 20.8 Å². The molecule has 1 aliphatic rings. The van der Waals surface area contributed by atoms with Crippen LogP contribution in [-0.4, -0.2) is 35.7 Å². The number of alkyl carbamates (subject to hydrolysis) is 1. The van der Waals surface area contributed by atoms with E-state index in [-0.39, 0.29) is 12.1 Å². The summed E-state index contributed by atoms with van der Waals surface area (Å²) < 4.78 is 5.34. The largest absolute Gasteiger partial charge is 0.444 e. The molecule has 0 saturated carbocycles. The molecule has 5 heteroatoms. The van der Waals surface area contributed by atoms with Gasteiger partial charge in [-0.3, -0.25) is 4.90 Å². The van der Waals surface area contributed by atoms with Gasteiger partial charge in [0, 0.05) is 23.5 Å². The van der Waals surface area contributed by atoms with Gasteiger partial charge in [0.05, 0.1) is 0 Å². The molecule has 0 aliphatic carbocycles. The minimum Gasteiger partial charge on any atom is -0.444 e. The maximum absolute atomic E-state index is 11.9. The fraction of sp³-hybridized carbons (Fsp3) is 0.688. The van der Waals surface area contributed by atoms with Gasteiger partial charge < -0.3 is 10.1 Å². The first-order valence-corrected chi connectivity index (χ1v) is 8.50. The van der Waals surface area contributed by atoms with Crippen molar-refractivity contribution in [1.82, 2.24) is 10.2 Å². The number of nitrogens with zero attached hydrogens (tertiary/aromatic N) is 1. The minimum atomic E-state index is -0.442. The van der Waals surface area contributed by atoms with Crippen molar-refractivity contribution in [2.75, 3.05) is 13.1 Å². The van der Waals surface area contributed by atoms with E-state index in [4.69, 9.17) is 4.74 Å².